The number of fused-ring (bicyclic) bond motifs is 1. The van der Waals surface area contributed by atoms with E-state index in [4.69, 9.17) is 4.74 Å². The van der Waals surface area contributed by atoms with E-state index >= 15 is 0 Å². The topological polar surface area (TPSA) is 61.9 Å². The monoisotopic (exact) mass is 361 g/mol. The first-order chi connectivity index (χ1) is 12.4. The number of nitrogens with one attached hydrogen (secondary N) is 1. The van der Waals surface area contributed by atoms with Gasteiger partial charge < -0.3 is 19.9 Å². The highest BCUT2D eigenvalue weighted by molar-refractivity contribution is 5.95. The number of amides is 2. The van der Waals surface area contributed by atoms with Crippen molar-refractivity contribution in [2.24, 2.45) is 5.92 Å². The molecule has 0 fully saturated rings. The molecule has 2 rings (SSSR count). The minimum atomic E-state index is -0.0498. The maximum Gasteiger partial charge on any atom is 0.253 e. The van der Waals surface area contributed by atoms with Gasteiger partial charge in [-0.05, 0) is 24.1 Å². The lowest BCUT2D eigenvalue weighted by Crippen LogP contribution is -2.44. The van der Waals surface area contributed by atoms with Gasteiger partial charge in [-0.2, -0.15) is 0 Å². The molecule has 2 amide bonds. The Morgan fingerprint density at radius 3 is 2.62 bits per heavy atom. The third-order valence-corrected chi connectivity index (χ3v) is 5.13. The molecular formula is C20H31N3O3. The fraction of sp³-hybridized carbons (Fsp3) is 0.600. The Labute approximate surface area is 156 Å². The molecule has 0 aliphatic carbocycles. The number of nitrogens with zero attached hydrogens (tertiary/aromatic N) is 2. The van der Waals surface area contributed by atoms with Crippen LogP contribution in [-0.4, -0.2) is 57.1 Å². The second-order valence-corrected chi connectivity index (χ2v) is 7.15. The van der Waals surface area contributed by atoms with Crippen LogP contribution in [0.25, 0.3) is 0 Å². The third-order valence-electron chi connectivity index (χ3n) is 5.13. The van der Waals surface area contributed by atoms with E-state index in [1.165, 1.54) is 0 Å². The van der Waals surface area contributed by atoms with Crippen molar-refractivity contribution in [3.8, 4) is 5.75 Å². The van der Waals surface area contributed by atoms with Crippen molar-refractivity contribution in [2.75, 3.05) is 39.2 Å². The Balaban J connectivity index is 2.04. The minimum absolute atomic E-state index is 0.0429. The van der Waals surface area contributed by atoms with Crippen molar-refractivity contribution in [1.82, 2.24) is 10.2 Å². The molecule has 0 aromatic heterocycles. The average Bonchev–Trinajstić information content (AvgIpc) is 2.64. The van der Waals surface area contributed by atoms with E-state index in [-0.39, 0.29) is 17.9 Å². The second kappa shape index (κ2) is 8.92. The molecule has 0 saturated heterocycles. The van der Waals surface area contributed by atoms with Crippen molar-refractivity contribution >= 4 is 17.5 Å². The average molecular weight is 361 g/mol. The summed E-state index contributed by atoms with van der Waals surface area (Å²) in [5.74, 6) is 1.27. The van der Waals surface area contributed by atoms with Gasteiger partial charge >= 0.3 is 0 Å². The highest BCUT2D eigenvalue weighted by atomic mass is 16.5. The summed E-state index contributed by atoms with van der Waals surface area (Å²) in [6.45, 7) is 5.48. The number of anilines is 1. The Morgan fingerprint density at radius 2 is 2.00 bits per heavy atom. The molecule has 6 heteroatoms. The summed E-state index contributed by atoms with van der Waals surface area (Å²) in [6, 6.07) is 5.39. The predicted molar refractivity (Wildman–Crippen MR) is 104 cm³/mol. The maximum absolute atomic E-state index is 12.3. The molecule has 0 radical (unpaired) electrons. The number of rotatable bonds is 7. The fourth-order valence-corrected chi connectivity index (χ4v) is 3.12. The number of likely N-dealkylation sites (N-methyl/N-ethyl adjacent to an activating group) is 1. The summed E-state index contributed by atoms with van der Waals surface area (Å²) in [7, 11) is 5.41. The molecule has 1 aliphatic heterocycles. The van der Waals surface area contributed by atoms with E-state index in [2.05, 4.69) is 19.2 Å². The smallest absolute Gasteiger partial charge is 0.253 e. The molecule has 144 valence electrons. The highest BCUT2D eigenvalue weighted by Crippen LogP contribution is 2.34. The summed E-state index contributed by atoms with van der Waals surface area (Å²) >= 11 is 0. The molecule has 1 aromatic rings. The van der Waals surface area contributed by atoms with Crippen LogP contribution in [0.5, 0.6) is 5.75 Å². The number of benzene rings is 1. The third kappa shape index (κ3) is 4.68. The number of ether oxygens (including phenoxy) is 1. The van der Waals surface area contributed by atoms with Crippen LogP contribution in [0.3, 0.4) is 0 Å². The lowest BCUT2D eigenvalue weighted by molar-refractivity contribution is -0.121. The van der Waals surface area contributed by atoms with Crippen molar-refractivity contribution in [1.29, 1.82) is 0 Å². The first-order valence-electron chi connectivity index (χ1n) is 9.35. The van der Waals surface area contributed by atoms with E-state index in [1.54, 1.807) is 25.1 Å². The Bertz CT molecular complexity index is 641. The van der Waals surface area contributed by atoms with Gasteiger partial charge in [-0.3, -0.25) is 9.59 Å². The van der Waals surface area contributed by atoms with Crippen LogP contribution in [0.15, 0.2) is 18.2 Å². The zero-order valence-electron chi connectivity index (χ0n) is 16.5. The number of hydrogen-bond acceptors (Lipinski definition) is 4. The molecule has 1 atom stereocenters. The van der Waals surface area contributed by atoms with E-state index in [0.29, 0.717) is 24.5 Å². The highest BCUT2D eigenvalue weighted by Gasteiger charge is 2.27. The quantitative estimate of drug-likeness (QED) is 0.811. The van der Waals surface area contributed by atoms with E-state index in [0.717, 1.165) is 30.8 Å². The van der Waals surface area contributed by atoms with Crippen molar-refractivity contribution in [2.45, 2.75) is 39.2 Å². The van der Waals surface area contributed by atoms with E-state index in [1.807, 2.05) is 24.1 Å². The molecule has 1 N–H and O–H groups in total. The summed E-state index contributed by atoms with van der Waals surface area (Å²) in [4.78, 5) is 28.1. The van der Waals surface area contributed by atoms with Crippen LogP contribution in [0.4, 0.5) is 5.69 Å². The number of carbonyl (C=O) groups excluding carboxylic acids is 2. The van der Waals surface area contributed by atoms with Crippen LogP contribution in [-0.2, 0) is 4.79 Å². The van der Waals surface area contributed by atoms with Gasteiger partial charge in [0, 0.05) is 33.3 Å². The number of hydrogen-bond donors (Lipinski definition) is 1. The molecule has 1 aliphatic rings. The second-order valence-electron chi connectivity index (χ2n) is 7.15. The summed E-state index contributed by atoms with van der Waals surface area (Å²) in [5, 5.41) is 3.04. The normalized spacial score (nSPS) is 16.1. The van der Waals surface area contributed by atoms with Gasteiger partial charge in [0.25, 0.3) is 5.91 Å². The maximum atomic E-state index is 12.3. The molecular weight excluding hydrogens is 330 g/mol. The van der Waals surface area contributed by atoms with Crippen LogP contribution < -0.4 is 15.0 Å². The van der Waals surface area contributed by atoms with Gasteiger partial charge in [0.05, 0.1) is 18.2 Å². The van der Waals surface area contributed by atoms with Crippen molar-refractivity contribution < 1.29 is 14.3 Å². The molecule has 0 bridgehead atoms. The van der Waals surface area contributed by atoms with Crippen molar-refractivity contribution in [3.05, 3.63) is 23.8 Å². The first-order valence-corrected chi connectivity index (χ1v) is 9.35. The minimum Gasteiger partial charge on any atom is -0.489 e. The Hall–Kier alpha value is -2.24. The summed E-state index contributed by atoms with van der Waals surface area (Å²) < 4.78 is 5.82. The zero-order valence-corrected chi connectivity index (χ0v) is 16.5. The Kier molecular flexibility index (Phi) is 6.89. The molecule has 1 heterocycles. The van der Waals surface area contributed by atoms with Crippen molar-refractivity contribution in [3.63, 3.8) is 0 Å². The van der Waals surface area contributed by atoms with Gasteiger partial charge in [-0.25, -0.2) is 0 Å². The van der Waals surface area contributed by atoms with Gasteiger partial charge in [0.1, 0.15) is 12.4 Å². The molecule has 0 spiro atoms. The van der Waals surface area contributed by atoms with Crippen LogP contribution in [0, 0.1) is 5.92 Å². The van der Waals surface area contributed by atoms with Crippen LogP contribution in [0.2, 0.25) is 0 Å². The lowest BCUT2D eigenvalue weighted by atomic mass is 10.0. The SMILES string of the molecule is CCC(CC)CNC(=O)C[C@H]1COc2ccc(C(=O)N(C)C)cc2N1C. The summed E-state index contributed by atoms with van der Waals surface area (Å²) in [6.07, 6.45) is 2.51. The lowest BCUT2D eigenvalue weighted by Gasteiger charge is -2.36. The van der Waals surface area contributed by atoms with Crippen LogP contribution in [0.1, 0.15) is 43.5 Å². The van der Waals surface area contributed by atoms with Crippen LogP contribution >= 0.6 is 0 Å². The van der Waals surface area contributed by atoms with Gasteiger partial charge in [0.2, 0.25) is 5.91 Å². The first kappa shape index (κ1) is 20.1. The van der Waals surface area contributed by atoms with Gasteiger partial charge in [-0.1, -0.05) is 26.7 Å². The number of carbonyl (C=O) groups is 2. The van der Waals surface area contributed by atoms with Gasteiger partial charge in [0.15, 0.2) is 0 Å². The Morgan fingerprint density at radius 1 is 1.31 bits per heavy atom. The predicted octanol–water partition coefficient (Wildman–Crippen LogP) is 2.53. The molecule has 0 saturated carbocycles. The molecule has 0 unspecified atom stereocenters. The zero-order chi connectivity index (χ0) is 19.3. The fourth-order valence-electron chi connectivity index (χ4n) is 3.12. The molecule has 6 nitrogen and oxygen atoms in total. The van der Waals surface area contributed by atoms with E-state index in [9.17, 15) is 9.59 Å². The summed E-state index contributed by atoms with van der Waals surface area (Å²) in [5.41, 5.74) is 1.46. The standard InChI is InChI=1S/C20H31N3O3/c1-6-14(7-2)12-21-19(24)11-16-13-26-18-9-8-15(20(25)22(3)4)10-17(18)23(16)5/h8-10,14,16H,6-7,11-13H2,1-5H3,(H,21,24)/t16-/m0/s1. The largest absolute Gasteiger partial charge is 0.489 e. The van der Waals surface area contributed by atoms with E-state index < -0.39 is 0 Å². The van der Waals surface area contributed by atoms with Gasteiger partial charge in [-0.15, -0.1) is 0 Å². The molecule has 26 heavy (non-hydrogen) atoms. The molecule has 1 aromatic carbocycles.